The Labute approximate surface area is 139 Å². The summed E-state index contributed by atoms with van der Waals surface area (Å²) in [4.78, 5) is 0. The minimum Gasteiger partial charge on any atom is -0.424 e. The fraction of sp³-hybridized carbons (Fsp3) is 0.474. The number of rotatable bonds is 10. The van der Waals surface area contributed by atoms with E-state index in [0.29, 0.717) is 18.5 Å². The molecule has 0 bridgehead atoms. The van der Waals surface area contributed by atoms with Crippen LogP contribution in [0.25, 0.3) is 10.8 Å². The van der Waals surface area contributed by atoms with E-state index in [2.05, 4.69) is 6.92 Å². The zero-order valence-electron chi connectivity index (χ0n) is 14.2. The van der Waals surface area contributed by atoms with Crippen molar-refractivity contribution in [3.63, 3.8) is 0 Å². The van der Waals surface area contributed by atoms with E-state index < -0.39 is 7.60 Å². The van der Waals surface area contributed by atoms with E-state index in [-0.39, 0.29) is 0 Å². The van der Waals surface area contributed by atoms with Gasteiger partial charge in [0, 0.05) is 5.39 Å². The molecule has 1 atom stereocenters. The van der Waals surface area contributed by atoms with Gasteiger partial charge in [0.05, 0.1) is 12.8 Å². The van der Waals surface area contributed by atoms with Crippen LogP contribution in [0.15, 0.2) is 42.5 Å². The molecule has 0 radical (unpaired) electrons. The van der Waals surface area contributed by atoms with Crippen LogP contribution in [0.2, 0.25) is 0 Å². The Balaban J connectivity index is 2.09. The van der Waals surface area contributed by atoms with Gasteiger partial charge in [-0.2, -0.15) is 0 Å². The maximum Gasteiger partial charge on any atom is 0.379 e. The van der Waals surface area contributed by atoms with Gasteiger partial charge < -0.3 is 9.05 Å². The lowest BCUT2D eigenvalue weighted by Crippen LogP contribution is -2.03. The molecule has 0 aliphatic rings. The number of benzene rings is 2. The minimum atomic E-state index is -3.09. The van der Waals surface area contributed by atoms with E-state index in [1.165, 1.54) is 19.3 Å². The van der Waals surface area contributed by atoms with E-state index in [1.807, 2.05) is 49.4 Å². The zero-order chi connectivity index (χ0) is 16.5. The molecule has 3 nitrogen and oxygen atoms in total. The molecular formula is C19H27O3P. The highest BCUT2D eigenvalue weighted by molar-refractivity contribution is 7.54. The Hall–Kier alpha value is -1.31. The van der Waals surface area contributed by atoms with Gasteiger partial charge in [-0.1, -0.05) is 69.0 Å². The quantitative estimate of drug-likeness (QED) is 0.371. The van der Waals surface area contributed by atoms with Gasteiger partial charge in [0.25, 0.3) is 0 Å². The molecule has 0 aliphatic heterocycles. The molecule has 0 fully saturated rings. The molecule has 0 spiro atoms. The molecule has 2 aromatic carbocycles. The highest BCUT2D eigenvalue weighted by atomic mass is 31.2. The van der Waals surface area contributed by atoms with Crippen molar-refractivity contribution in [2.24, 2.45) is 0 Å². The monoisotopic (exact) mass is 334 g/mol. The first-order valence-electron chi connectivity index (χ1n) is 8.59. The van der Waals surface area contributed by atoms with E-state index in [4.69, 9.17) is 9.05 Å². The molecular weight excluding hydrogens is 307 g/mol. The van der Waals surface area contributed by atoms with Crippen molar-refractivity contribution in [3.05, 3.63) is 42.5 Å². The second kappa shape index (κ2) is 9.10. The first-order valence-corrected chi connectivity index (χ1v) is 10.3. The van der Waals surface area contributed by atoms with Crippen LogP contribution in [0.5, 0.6) is 5.75 Å². The predicted octanol–water partition coefficient (Wildman–Crippen LogP) is 6.42. The lowest BCUT2D eigenvalue weighted by Gasteiger charge is -2.19. The summed E-state index contributed by atoms with van der Waals surface area (Å²) in [6, 6.07) is 13.8. The number of hydrogen-bond acceptors (Lipinski definition) is 3. The smallest absolute Gasteiger partial charge is 0.379 e. The molecule has 0 heterocycles. The molecule has 1 unspecified atom stereocenters. The van der Waals surface area contributed by atoms with Crippen molar-refractivity contribution < 1.29 is 13.6 Å². The first kappa shape index (κ1) is 18.0. The highest BCUT2D eigenvalue weighted by Gasteiger charge is 2.25. The van der Waals surface area contributed by atoms with Crippen LogP contribution in [0.3, 0.4) is 0 Å². The molecule has 23 heavy (non-hydrogen) atoms. The summed E-state index contributed by atoms with van der Waals surface area (Å²) in [5.74, 6) is 0.647. The largest absolute Gasteiger partial charge is 0.424 e. The molecule has 0 aromatic heterocycles. The van der Waals surface area contributed by atoms with Crippen LogP contribution in [0.1, 0.15) is 46.0 Å². The van der Waals surface area contributed by atoms with Crippen molar-refractivity contribution in [3.8, 4) is 5.75 Å². The summed E-state index contributed by atoms with van der Waals surface area (Å²) in [5, 5.41) is 2.05. The fourth-order valence-corrected chi connectivity index (χ4v) is 4.40. The Kier molecular flexibility index (Phi) is 7.14. The van der Waals surface area contributed by atoms with E-state index in [1.54, 1.807) is 0 Å². The van der Waals surface area contributed by atoms with Crippen molar-refractivity contribution in [1.29, 1.82) is 0 Å². The second-order valence-corrected chi connectivity index (χ2v) is 7.84. The van der Waals surface area contributed by atoms with Crippen LogP contribution in [0.4, 0.5) is 0 Å². The molecule has 2 rings (SSSR count). The van der Waals surface area contributed by atoms with Crippen molar-refractivity contribution >= 4 is 18.4 Å². The molecule has 0 aliphatic carbocycles. The molecule has 4 heteroatoms. The Morgan fingerprint density at radius 1 is 0.913 bits per heavy atom. The van der Waals surface area contributed by atoms with Gasteiger partial charge in [-0.15, -0.1) is 0 Å². The summed E-state index contributed by atoms with van der Waals surface area (Å²) in [5.41, 5.74) is 0. The number of fused-ring (bicyclic) bond motifs is 1. The lowest BCUT2D eigenvalue weighted by molar-refractivity contribution is 0.279. The predicted molar refractivity (Wildman–Crippen MR) is 97.4 cm³/mol. The highest BCUT2D eigenvalue weighted by Crippen LogP contribution is 2.50. The molecule has 0 N–H and O–H groups in total. The zero-order valence-corrected chi connectivity index (χ0v) is 15.1. The standard InChI is InChI=1S/C19H27O3P/c1-3-5-6-7-10-16-23(20,21-4-2)22-19-15-11-13-17-12-8-9-14-18(17)19/h8-9,11-15H,3-7,10,16H2,1-2H3. The molecule has 126 valence electrons. The topological polar surface area (TPSA) is 35.5 Å². The Morgan fingerprint density at radius 2 is 1.65 bits per heavy atom. The first-order chi connectivity index (χ1) is 11.2. The maximum absolute atomic E-state index is 13.0. The minimum absolute atomic E-state index is 0.400. The van der Waals surface area contributed by atoms with Gasteiger partial charge in [0.2, 0.25) is 0 Å². The van der Waals surface area contributed by atoms with Crippen LogP contribution in [-0.4, -0.2) is 12.8 Å². The van der Waals surface area contributed by atoms with Gasteiger partial charge >= 0.3 is 7.60 Å². The van der Waals surface area contributed by atoms with Crippen molar-refractivity contribution in [1.82, 2.24) is 0 Å². The third-order valence-corrected chi connectivity index (χ3v) is 5.84. The third kappa shape index (κ3) is 5.37. The van der Waals surface area contributed by atoms with Gasteiger partial charge in [0.1, 0.15) is 5.75 Å². The van der Waals surface area contributed by atoms with Crippen molar-refractivity contribution in [2.45, 2.75) is 46.0 Å². The Morgan fingerprint density at radius 3 is 2.43 bits per heavy atom. The second-order valence-electron chi connectivity index (χ2n) is 5.74. The van der Waals surface area contributed by atoms with Gasteiger partial charge in [0.15, 0.2) is 0 Å². The summed E-state index contributed by atoms with van der Waals surface area (Å²) in [6.45, 7) is 4.45. The fourth-order valence-electron chi connectivity index (χ4n) is 2.67. The molecule has 0 saturated heterocycles. The third-order valence-electron chi connectivity index (χ3n) is 3.85. The summed E-state index contributed by atoms with van der Waals surface area (Å²) in [7, 11) is -3.09. The molecule has 0 amide bonds. The van der Waals surface area contributed by atoms with Gasteiger partial charge in [-0.3, -0.25) is 0 Å². The maximum atomic E-state index is 13.0. The summed E-state index contributed by atoms with van der Waals surface area (Å²) < 4.78 is 24.4. The van der Waals surface area contributed by atoms with Crippen molar-refractivity contribution in [2.75, 3.05) is 12.8 Å². The number of hydrogen-bond donors (Lipinski definition) is 0. The van der Waals surface area contributed by atoms with E-state index in [9.17, 15) is 4.57 Å². The van der Waals surface area contributed by atoms with Crippen LogP contribution in [-0.2, 0) is 9.09 Å². The Bertz CT molecular complexity index is 649. The average molecular weight is 334 g/mol. The van der Waals surface area contributed by atoms with Crippen LogP contribution < -0.4 is 4.52 Å². The average Bonchev–Trinajstić information content (AvgIpc) is 2.55. The van der Waals surface area contributed by atoms with E-state index in [0.717, 1.165) is 23.6 Å². The van der Waals surface area contributed by atoms with Gasteiger partial charge in [-0.25, -0.2) is 4.57 Å². The van der Waals surface area contributed by atoms with E-state index >= 15 is 0 Å². The summed E-state index contributed by atoms with van der Waals surface area (Å²) >= 11 is 0. The van der Waals surface area contributed by atoms with Gasteiger partial charge in [-0.05, 0) is 24.8 Å². The number of unbranched alkanes of at least 4 members (excludes halogenated alkanes) is 4. The molecule has 0 saturated carbocycles. The SMILES string of the molecule is CCCCCCCP(=O)(OCC)Oc1cccc2ccccc12. The van der Waals surface area contributed by atoms with Crippen LogP contribution >= 0.6 is 7.60 Å². The lowest BCUT2D eigenvalue weighted by atomic mass is 10.1. The molecule has 2 aromatic rings. The van der Waals surface area contributed by atoms with Crippen LogP contribution in [0, 0.1) is 0 Å². The summed E-state index contributed by atoms with van der Waals surface area (Å²) in [6.07, 6.45) is 6.04. The normalized spacial score (nSPS) is 13.8.